The van der Waals surface area contributed by atoms with Crippen LogP contribution in [0.3, 0.4) is 0 Å². The number of thioether (sulfide) groups is 1. The van der Waals surface area contributed by atoms with Crippen molar-refractivity contribution in [1.82, 2.24) is 0 Å². The quantitative estimate of drug-likeness (QED) is 0.413. The van der Waals surface area contributed by atoms with Crippen LogP contribution in [0.25, 0.3) is 11.0 Å². The van der Waals surface area contributed by atoms with Gasteiger partial charge in [0, 0.05) is 16.6 Å². The highest BCUT2D eigenvalue weighted by Gasteiger charge is 2.27. The van der Waals surface area contributed by atoms with Crippen LogP contribution >= 0.6 is 11.8 Å². The number of aliphatic imine (C=N–C) groups is 1. The molecule has 0 saturated carbocycles. The Balaban J connectivity index is 1.68. The normalized spacial score (nSPS) is 15.8. The van der Waals surface area contributed by atoms with Gasteiger partial charge in [0.2, 0.25) is 0 Å². The highest BCUT2D eigenvalue weighted by molar-refractivity contribution is 7.99. The zero-order chi connectivity index (χ0) is 21.4. The number of aromatic hydroxyl groups is 1. The van der Waals surface area contributed by atoms with Crippen molar-refractivity contribution in [2.45, 2.75) is 16.6 Å². The second-order valence-corrected chi connectivity index (χ2v) is 8.46. The summed E-state index contributed by atoms with van der Waals surface area (Å²) >= 11 is 1.69. The number of methoxy groups -OCH3 is 1. The van der Waals surface area contributed by atoms with E-state index in [1.54, 1.807) is 43.1 Å². The molecule has 5 nitrogen and oxygen atoms in total. The first kappa shape index (κ1) is 19.5. The molecule has 0 spiro atoms. The molecule has 0 bridgehead atoms. The predicted molar refractivity (Wildman–Crippen MR) is 123 cm³/mol. The Labute approximate surface area is 183 Å². The molecule has 0 fully saturated rings. The summed E-state index contributed by atoms with van der Waals surface area (Å²) in [5.74, 6) is 0.688. The average molecular weight is 429 g/mol. The van der Waals surface area contributed by atoms with E-state index < -0.39 is 5.63 Å². The molecule has 1 aliphatic heterocycles. The van der Waals surface area contributed by atoms with Gasteiger partial charge in [0.05, 0.1) is 23.9 Å². The third kappa shape index (κ3) is 3.59. The van der Waals surface area contributed by atoms with Gasteiger partial charge in [0.15, 0.2) is 0 Å². The van der Waals surface area contributed by atoms with Crippen molar-refractivity contribution >= 4 is 34.1 Å². The predicted octanol–water partition coefficient (Wildman–Crippen LogP) is 5.87. The van der Waals surface area contributed by atoms with E-state index in [9.17, 15) is 9.90 Å². The molecule has 154 valence electrons. The summed E-state index contributed by atoms with van der Waals surface area (Å²) < 4.78 is 10.8. The standard InChI is InChI=1S/C25H19NO4S/c1-29-16-12-10-15(11-13-16)22-14-19(26-18-7-3-5-9-21(18)31-22)23-24(27)17-6-2-4-8-20(17)30-25(23)28/h2-13,22,27H,14H2,1H3. The number of hydrogen-bond acceptors (Lipinski definition) is 6. The lowest BCUT2D eigenvalue weighted by Crippen LogP contribution is -2.16. The zero-order valence-electron chi connectivity index (χ0n) is 16.7. The van der Waals surface area contributed by atoms with Gasteiger partial charge in [-0.15, -0.1) is 11.8 Å². The van der Waals surface area contributed by atoms with Crippen LogP contribution in [-0.4, -0.2) is 17.9 Å². The van der Waals surface area contributed by atoms with Gasteiger partial charge in [-0.2, -0.15) is 0 Å². The van der Waals surface area contributed by atoms with Crippen LogP contribution in [0.2, 0.25) is 0 Å². The van der Waals surface area contributed by atoms with Gasteiger partial charge in [0.1, 0.15) is 22.6 Å². The van der Waals surface area contributed by atoms with E-state index in [0.717, 1.165) is 21.9 Å². The van der Waals surface area contributed by atoms with E-state index in [-0.39, 0.29) is 16.6 Å². The highest BCUT2D eigenvalue weighted by atomic mass is 32.2. The summed E-state index contributed by atoms with van der Waals surface area (Å²) in [5, 5.41) is 11.5. The van der Waals surface area contributed by atoms with Crippen molar-refractivity contribution in [3.05, 3.63) is 94.3 Å². The molecule has 0 amide bonds. The molecule has 0 aliphatic carbocycles. The SMILES string of the molecule is COc1ccc(C2CC(c3c(O)c4ccccc4oc3=O)=Nc3ccccc3S2)cc1. The van der Waals surface area contributed by atoms with Gasteiger partial charge in [-0.1, -0.05) is 36.4 Å². The van der Waals surface area contributed by atoms with Crippen molar-refractivity contribution in [1.29, 1.82) is 0 Å². The Kier molecular flexibility index (Phi) is 5.00. The fourth-order valence-corrected chi connectivity index (χ4v) is 4.99. The van der Waals surface area contributed by atoms with Gasteiger partial charge in [-0.05, 0) is 42.0 Å². The molecular weight excluding hydrogens is 410 g/mol. The van der Waals surface area contributed by atoms with E-state index in [0.29, 0.717) is 23.1 Å². The van der Waals surface area contributed by atoms with Crippen LogP contribution in [-0.2, 0) is 0 Å². The lowest BCUT2D eigenvalue weighted by atomic mass is 10.0. The minimum Gasteiger partial charge on any atom is -0.506 e. The molecular formula is C25H19NO4S. The third-order valence-corrected chi connectivity index (χ3v) is 6.65. The molecule has 5 rings (SSSR count). The second-order valence-electron chi connectivity index (χ2n) is 7.22. The van der Waals surface area contributed by atoms with Gasteiger partial charge >= 0.3 is 5.63 Å². The van der Waals surface area contributed by atoms with Crippen molar-refractivity contribution < 1.29 is 14.3 Å². The molecule has 1 aromatic heterocycles. The molecule has 4 aromatic rings. The van der Waals surface area contributed by atoms with Crippen LogP contribution in [0.15, 0.2) is 91.9 Å². The average Bonchev–Trinajstić information content (AvgIpc) is 2.99. The summed E-state index contributed by atoms with van der Waals surface area (Å²) in [6.07, 6.45) is 0.461. The van der Waals surface area contributed by atoms with Gasteiger partial charge in [-0.25, -0.2) is 4.79 Å². The van der Waals surface area contributed by atoms with E-state index in [1.165, 1.54) is 0 Å². The van der Waals surface area contributed by atoms with Crippen LogP contribution in [0.1, 0.15) is 22.8 Å². The highest BCUT2D eigenvalue weighted by Crippen LogP contribution is 2.46. The minimum atomic E-state index is -0.590. The lowest BCUT2D eigenvalue weighted by molar-refractivity contribution is 0.414. The molecule has 0 radical (unpaired) electrons. The van der Waals surface area contributed by atoms with Gasteiger partial charge < -0.3 is 14.3 Å². The molecule has 1 atom stereocenters. The Morgan fingerprint density at radius 2 is 1.77 bits per heavy atom. The number of hydrogen-bond donors (Lipinski definition) is 1. The third-order valence-electron chi connectivity index (χ3n) is 5.33. The van der Waals surface area contributed by atoms with Crippen molar-refractivity contribution in [3.63, 3.8) is 0 Å². The summed E-state index contributed by atoms with van der Waals surface area (Å²) in [6.45, 7) is 0. The maximum atomic E-state index is 12.9. The summed E-state index contributed by atoms with van der Waals surface area (Å²) in [6, 6.07) is 22.7. The molecule has 0 saturated heterocycles. The van der Waals surface area contributed by atoms with E-state index in [2.05, 4.69) is 0 Å². The molecule has 31 heavy (non-hydrogen) atoms. The Morgan fingerprint density at radius 1 is 1.03 bits per heavy atom. The molecule has 1 aliphatic rings. The molecule has 1 N–H and O–H groups in total. The van der Waals surface area contributed by atoms with Crippen LogP contribution in [0, 0.1) is 0 Å². The van der Waals surface area contributed by atoms with Crippen molar-refractivity contribution in [2.24, 2.45) is 4.99 Å². The number of ether oxygens (including phenoxy) is 1. The number of fused-ring (bicyclic) bond motifs is 2. The monoisotopic (exact) mass is 429 g/mol. The maximum Gasteiger partial charge on any atom is 0.349 e. The summed E-state index contributed by atoms with van der Waals surface area (Å²) in [5.41, 5.74) is 2.24. The Morgan fingerprint density at radius 3 is 2.58 bits per heavy atom. The largest absolute Gasteiger partial charge is 0.506 e. The first-order valence-corrected chi connectivity index (χ1v) is 10.7. The second kappa shape index (κ2) is 7.96. The summed E-state index contributed by atoms with van der Waals surface area (Å²) in [4.78, 5) is 18.7. The number of nitrogens with zero attached hydrogens (tertiary/aromatic N) is 1. The minimum absolute atomic E-state index is 0.00132. The first-order valence-electron chi connectivity index (χ1n) is 9.86. The molecule has 3 aromatic carbocycles. The molecule has 2 heterocycles. The van der Waals surface area contributed by atoms with E-state index in [1.807, 2.05) is 48.5 Å². The van der Waals surface area contributed by atoms with Crippen molar-refractivity contribution in [2.75, 3.05) is 7.11 Å². The summed E-state index contributed by atoms with van der Waals surface area (Å²) in [7, 11) is 1.64. The number of benzene rings is 3. The number of rotatable bonds is 3. The maximum absolute atomic E-state index is 12.9. The van der Waals surface area contributed by atoms with E-state index >= 15 is 0 Å². The lowest BCUT2D eigenvalue weighted by Gasteiger charge is -2.17. The fraction of sp³-hybridized carbons (Fsp3) is 0.120. The fourth-order valence-electron chi connectivity index (χ4n) is 3.76. The van der Waals surface area contributed by atoms with Gasteiger partial charge in [-0.3, -0.25) is 4.99 Å². The Hall–Kier alpha value is -3.51. The molecule has 1 unspecified atom stereocenters. The zero-order valence-corrected chi connectivity index (χ0v) is 17.6. The molecule has 6 heteroatoms. The van der Waals surface area contributed by atoms with Crippen LogP contribution in [0.4, 0.5) is 5.69 Å². The van der Waals surface area contributed by atoms with Crippen molar-refractivity contribution in [3.8, 4) is 11.5 Å². The van der Waals surface area contributed by atoms with Crippen LogP contribution < -0.4 is 10.4 Å². The Bertz CT molecular complexity index is 1360. The van der Waals surface area contributed by atoms with Crippen LogP contribution in [0.5, 0.6) is 11.5 Å². The first-order chi connectivity index (χ1) is 15.1. The number of para-hydroxylation sites is 2. The van der Waals surface area contributed by atoms with Gasteiger partial charge in [0.25, 0.3) is 0 Å². The topological polar surface area (TPSA) is 72.0 Å². The smallest absolute Gasteiger partial charge is 0.349 e. The van der Waals surface area contributed by atoms with E-state index in [4.69, 9.17) is 14.1 Å².